The van der Waals surface area contributed by atoms with Crippen LogP contribution in [0.1, 0.15) is 51.5 Å². The number of hydrogen-bond donors (Lipinski definition) is 1. The van der Waals surface area contributed by atoms with Crippen molar-refractivity contribution in [3.63, 3.8) is 0 Å². The molecule has 0 unspecified atom stereocenters. The number of halogens is 3. The predicted octanol–water partition coefficient (Wildman–Crippen LogP) is 5.72. The minimum Gasteiger partial charge on any atom is -0.491 e. The first-order chi connectivity index (χ1) is 22.5. The Morgan fingerprint density at radius 2 is 1.77 bits per heavy atom. The molecule has 1 aliphatic carbocycles. The van der Waals surface area contributed by atoms with Crippen LogP contribution in [0.5, 0.6) is 5.75 Å². The second-order valence-electron chi connectivity index (χ2n) is 11.4. The topological polar surface area (TPSA) is 111 Å². The molecule has 268 valence electrons. The first-order valence-electron chi connectivity index (χ1n) is 15.9. The monoisotopic (exact) mass is 676 g/mol. The molecule has 0 amide bonds. The maximum absolute atomic E-state index is 13.2. The molecule has 0 spiro atoms. The van der Waals surface area contributed by atoms with E-state index >= 15 is 0 Å². The fourth-order valence-corrected chi connectivity index (χ4v) is 4.94. The van der Waals surface area contributed by atoms with E-state index in [1.165, 1.54) is 12.1 Å². The second-order valence-corrected chi connectivity index (χ2v) is 11.4. The van der Waals surface area contributed by atoms with E-state index < -0.39 is 23.9 Å². The number of carbonyl (C=O) groups excluding carboxylic acids is 1. The summed E-state index contributed by atoms with van der Waals surface area (Å²) in [5.74, 6) is -0.611. The number of carbonyl (C=O) groups is 1. The van der Waals surface area contributed by atoms with Crippen molar-refractivity contribution in [1.82, 2.24) is 0 Å². The van der Waals surface area contributed by atoms with Crippen molar-refractivity contribution < 1.29 is 61.0 Å². The third kappa shape index (κ3) is 16.9. The largest absolute Gasteiger partial charge is 0.491 e. The SMILES string of the molecule is COCCOCO[C@H](C=C[C@@H]1[C@@H](CC=CCCCC(=O)OC(C)C)[C@@H](O)C[C@H]1OCOCCOC)COc1cccc(C(F)(F)F)c1. The molecule has 13 heteroatoms. The lowest BCUT2D eigenvalue weighted by atomic mass is 9.89. The van der Waals surface area contributed by atoms with Gasteiger partial charge >= 0.3 is 12.1 Å². The standard InChI is InChI=1S/C34H51F3O10/c1-25(2)47-33(39)13-8-6-5-7-12-29-30(32(21-31(29)38)46-24-43-19-17-41-4)15-14-28(45-23-42-18-16-40-3)22-44-27-11-9-10-26(20-27)34(35,36)37/h5,7,9-11,14-15,20,25,28-32,38H,6,8,12-13,16-19,21-24H2,1-4H3/t28-,29-,30-,31+,32-/m1/s1. The van der Waals surface area contributed by atoms with Gasteiger partial charge in [0.2, 0.25) is 0 Å². The second kappa shape index (κ2) is 22.9. The molecule has 0 radical (unpaired) electrons. The van der Waals surface area contributed by atoms with Crippen LogP contribution in [0.2, 0.25) is 0 Å². The van der Waals surface area contributed by atoms with Gasteiger partial charge in [0.25, 0.3) is 0 Å². The van der Waals surface area contributed by atoms with Gasteiger partial charge in [0, 0.05) is 33.0 Å². The molecule has 1 fully saturated rings. The summed E-state index contributed by atoms with van der Waals surface area (Å²) in [6.45, 7) is 4.90. The highest BCUT2D eigenvalue weighted by Crippen LogP contribution is 2.38. The number of allylic oxidation sites excluding steroid dienone is 2. The maximum atomic E-state index is 13.2. The molecule has 1 aromatic carbocycles. The Bertz CT molecular complexity index is 1050. The summed E-state index contributed by atoms with van der Waals surface area (Å²) in [6, 6.07) is 4.64. The van der Waals surface area contributed by atoms with Crippen LogP contribution in [0, 0.1) is 11.8 Å². The number of alkyl halides is 3. The Labute approximate surface area is 276 Å². The smallest absolute Gasteiger partial charge is 0.416 e. The molecule has 0 heterocycles. The van der Waals surface area contributed by atoms with Crippen LogP contribution >= 0.6 is 0 Å². The van der Waals surface area contributed by atoms with Gasteiger partial charge in [0.15, 0.2) is 0 Å². The van der Waals surface area contributed by atoms with Crippen molar-refractivity contribution in [3.8, 4) is 5.75 Å². The van der Waals surface area contributed by atoms with E-state index in [1.54, 1.807) is 20.3 Å². The first-order valence-corrected chi connectivity index (χ1v) is 15.9. The van der Waals surface area contributed by atoms with Crippen LogP contribution in [0.3, 0.4) is 0 Å². The zero-order chi connectivity index (χ0) is 34.5. The highest BCUT2D eigenvalue weighted by molar-refractivity contribution is 5.69. The van der Waals surface area contributed by atoms with Crippen molar-refractivity contribution >= 4 is 5.97 Å². The van der Waals surface area contributed by atoms with Gasteiger partial charge in [0.05, 0.1) is 50.3 Å². The molecule has 0 aromatic heterocycles. The number of methoxy groups -OCH3 is 2. The number of hydrogen-bond acceptors (Lipinski definition) is 10. The van der Waals surface area contributed by atoms with Crippen LogP contribution in [0.25, 0.3) is 0 Å². The van der Waals surface area contributed by atoms with Crippen LogP contribution < -0.4 is 4.74 Å². The molecule has 10 nitrogen and oxygen atoms in total. The van der Waals surface area contributed by atoms with Crippen molar-refractivity contribution in [1.29, 1.82) is 0 Å². The maximum Gasteiger partial charge on any atom is 0.416 e. The number of ether oxygens (including phenoxy) is 8. The van der Waals surface area contributed by atoms with Gasteiger partial charge in [-0.05, 0) is 57.2 Å². The Hall–Kier alpha value is -2.52. The lowest BCUT2D eigenvalue weighted by Gasteiger charge is -2.23. The summed E-state index contributed by atoms with van der Waals surface area (Å²) in [5.41, 5.74) is -0.815. The van der Waals surface area contributed by atoms with Gasteiger partial charge in [-0.1, -0.05) is 30.4 Å². The number of benzene rings is 1. The van der Waals surface area contributed by atoms with Gasteiger partial charge in [0.1, 0.15) is 32.0 Å². The van der Waals surface area contributed by atoms with Gasteiger partial charge in [-0.3, -0.25) is 4.79 Å². The highest BCUT2D eigenvalue weighted by Gasteiger charge is 2.41. The van der Waals surface area contributed by atoms with Crippen LogP contribution in [-0.4, -0.2) is 96.3 Å². The van der Waals surface area contributed by atoms with Crippen molar-refractivity contribution in [3.05, 3.63) is 54.1 Å². The first kappa shape index (κ1) is 40.7. The van der Waals surface area contributed by atoms with E-state index in [1.807, 2.05) is 32.1 Å². The van der Waals surface area contributed by atoms with E-state index in [0.717, 1.165) is 12.1 Å². The molecule has 2 rings (SSSR count). The summed E-state index contributed by atoms with van der Waals surface area (Å²) in [6.07, 6.45) is 3.90. The number of esters is 1. The minimum absolute atomic E-state index is 0.0199. The molecule has 47 heavy (non-hydrogen) atoms. The highest BCUT2D eigenvalue weighted by atomic mass is 19.4. The Morgan fingerprint density at radius 3 is 2.45 bits per heavy atom. The molecule has 1 saturated carbocycles. The van der Waals surface area contributed by atoms with Gasteiger partial charge in [-0.2, -0.15) is 13.2 Å². The lowest BCUT2D eigenvalue weighted by molar-refractivity contribution is -0.147. The fourth-order valence-electron chi connectivity index (χ4n) is 4.94. The number of rotatable bonds is 24. The van der Waals surface area contributed by atoms with Crippen LogP contribution in [-0.2, 0) is 44.1 Å². The third-order valence-electron chi connectivity index (χ3n) is 7.30. The number of unbranched alkanes of at least 4 members (excludes halogenated alkanes) is 1. The van der Waals surface area contributed by atoms with Crippen LogP contribution in [0.4, 0.5) is 13.2 Å². The van der Waals surface area contributed by atoms with E-state index in [4.69, 9.17) is 37.9 Å². The molecular formula is C34H51F3O10. The summed E-state index contributed by atoms with van der Waals surface area (Å²) in [4.78, 5) is 11.8. The molecule has 5 atom stereocenters. The molecule has 1 aromatic rings. The fraction of sp³-hybridized carbons (Fsp3) is 0.676. The van der Waals surface area contributed by atoms with Gasteiger partial charge < -0.3 is 43.0 Å². The van der Waals surface area contributed by atoms with Gasteiger partial charge in [-0.25, -0.2) is 0 Å². The minimum atomic E-state index is -4.50. The summed E-state index contributed by atoms with van der Waals surface area (Å²) in [7, 11) is 3.12. The van der Waals surface area contributed by atoms with Gasteiger partial charge in [-0.15, -0.1) is 0 Å². The molecule has 0 saturated heterocycles. The molecule has 1 N–H and O–H groups in total. The predicted molar refractivity (Wildman–Crippen MR) is 168 cm³/mol. The van der Waals surface area contributed by atoms with E-state index in [-0.39, 0.29) is 56.0 Å². The Kier molecular flexibility index (Phi) is 19.8. The molecule has 1 aliphatic rings. The third-order valence-corrected chi connectivity index (χ3v) is 7.30. The van der Waals surface area contributed by atoms with Crippen molar-refractivity contribution in [2.75, 3.05) is 60.8 Å². The summed E-state index contributed by atoms with van der Waals surface area (Å²) in [5, 5.41) is 11.0. The normalized spacial score (nSPS) is 20.9. The molecule has 0 bridgehead atoms. The lowest BCUT2D eigenvalue weighted by Crippen LogP contribution is -2.25. The quantitative estimate of drug-likeness (QED) is 0.0632. The van der Waals surface area contributed by atoms with E-state index in [0.29, 0.717) is 58.5 Å². The number of aliphatic hydroxyl groups is 1. The van der Waals surface area contributed by atoms with E-state index in [9.17, 15) is 23.1 Å². The van der Waals surface area contributed by atoms with E-state index in [2.05, 4.69) is 0 Å². The Morgan fingerprint density at radius 1 is 1.04 bits per heavy atom. The van der Waals surface area contributed by atoms with Crippen molar-refractivity contribution in [2.45, 2.75) is 76.5 Å². The molecular weight excluding hydrogens is 625 g/mol. The van der Waals surface area contributed by atoms with Crippen molar-refractivity contribution in [2.24, 2.45) is 11.8 Å². The average Bonchev–Trinajstić information content (AvgIpc) is 3.32. The summed E-state index contributed by atoms with van der Waals surface area (Å²) < 4.78 is 83.3. The zero-order valence-electron chi connectivity index (χ0n) is 27.8. The Balaban J connectivity index is 2.13. The number of aliphatic hydroxyl groups excluding tert-OH is 1. The molecule has 0 aliphatic heterocycles. The van der Waals surface area contributed by atoms with Crippen LogP contribution in [0.15, 0.2) is 48.6 Å². The summed E-state index contributed by atoms with van der Waals surface area (Å²) >= 11 is 0. The average molecular weight is 677 g/mol. The zero-order valence-corrected chi connectivity index (χ0v) is 27.8.